The van der Waals surface area contributed by atoms with E-state index in [1.807, 2.05) is 26.0 Å². The highest BCUT2D eigenvalue weighted by atomic mass is 31.0. The summed E-state index contributed by atoms with van der Waals surface area (Å²) in [6.45, 7) is 4.75. The third-order valence-electron chi connectivity index (χ3n) is 2.51. The largest absolute Gasteiger partial charge is 0.368 e. The monoisotopic (exact) mass is 208 g/mol. The predicted octanol–water partition coefficient (Wildman–Crippen LogP) is 2.39. The van der Waals surface area contributed by atoms with E-state index in [1.165, 1.54) is 5.56 Å². The highest BCUT2D eigenvalue weighted by Gasteiger charge is 2.25. The average Bonchev–Trinajstić information content (AvgIpc) is 2.83. The highest BCUT2D eigenvalue weighted by Crippen LogP contribution is 2.32. The second kappa shape index (κ2) is 3.45. The van der Waals surface area contributed by atoms with Crippen molar-refractivity contribution < 1.29 is 9.53 Å². The summed E-state index contributed by atoms with van der Waals surface area (Å²) in [6.07, 6.45) is 0.265. The van der Waals surface area contributed by atoms with E-state index in [2.05, 4.69) is 9.24 Å². The Bertz CT molecular complexity index is 371. The molecular weight excluding hydrogens is 195 g/mol. The molecular formula is C11H13O2P. The molecule has 1 aliphatic rings. The third-order valence-corrected chi connectivity index (χ3v) is 2.80. The van der Waals surface area contributed by atoms with E-state index >= 15 is 0 Å². The van der Waals surface area contributed by atoms with Crippen molar-refractivity contribution in [3.8, 4) is 0 Å². The lowest BCUT2D eigenvalue weighted by Gasteiger charge is -2.08. The molecule has 2 atom stereocenters. The summed E-state index contributed by atoms with van der Waals surface area (Å²) in [6, 6.07) is 4.09. The van der Waals surface area contributed by atoms with Crippen LogP contribution in [0.3, 0.4) is 0 Å². The van der Waals surface area contributed by atoms with E-state index in [0.29, 0.717) is 0 Å². The van der Waals surface area contributed by atoms with Crippen molar-refractivity contribution in [3.05, 3.63) is 34.4 Å². The number of aryl methyl sites for hydroxylation is 2. The molecule has 0 amide bonds. The van der Waals surface area contributed by atoms with Crippen molar-refractivity contribution in [2.24, 2.45) is 0 Å². The number of rotatable bonds is 2. The molecule has 1 aromatic carbocycles. The molecule has 2 unspecified atom stereocenters. The fourth-order valence-corrected chi connectivity index (χ4v) is 2.27. The van der Waals surface area contributed by atoms with Gasteiger partial charge in [-0.2, -0.15) is 0 Å². The van der Waals surface area contributed by atoms with Crippen LogP contribution in [0.2, 0.25) is 0 Å². The van der Waals surface area contributed by atoms with E-state index in [1.54, 1.807) is 0 Å². The second-order valence-corrected chi connectivity index (χ2v) is 4.24. The first kappa shape index (κ1) is 9.82. The van der Waals surface area contributed by atoms with Gasteiger partial charge in [-0.15, -0.1) is 0 Å². The van der Waals surface area contributed by atoms with E-state index in [0.717, 1.165) is 23.3 Å². The Hall–Kier alpha value is -0.720. The maximum atomic E-state index is 11.3. The van der Waals surface area contributed by atoms with Crippen molar-refractivity contribution in [2.45, 2.75) is 20.0 Å². The molecule has 14 heavy (non-hydrogen) atoms. The summed E-state index contributed by atoms with van der Waals surface area (Å²) in [5.74, 6) is 0. The minimum atomic E-state index is 0.0586. The minimum Gasteiger partial charge on any atom is -0.368 e. The van der Waals surface area contributed by atoms with Crippen LogP contribution in [-0.4, -0.2) is 12.1 Å². The summed E-state index contributed by atoms with van der Waals surface area (Å²) in [5.41, 5.74) is 4.14. The number of hydrogen-bond acceptors (Lipinski definition) is 2. The first-order valence-corrected chi connectivity index (χ1v) is 5.20. The molecule has 0 bridgehead atoms. The van der Waals surface area contributed by atoms with Crippen molar-refractivity contribution in [1.29, 1.82) is 0 Å². The molecule has 2 nitrogen and oxygen atoms in total. The summed E-state index contributed by atoms with van der Waals surface area (Å²) < 4.78 is 5.21. The fraction of sp³-hybridized carbons (Fsp3) is 0.364. The van der Waals surface area contributed by atoms with E-state index < -0.39 is 0 Å². The molecule has 0 spiro atoms. The van der Waals surface area contributed by atoms with Crippen LogP contribution >= 0.6 is 9.24 Å². The zero-order valence-corrected chi connectivity index (χ0v) is 9.49. The van der Waals surface area contributed by atoms with Crippen LogP contribution in [0.15, 0.2) is 12.1 Å². The molecule has 1 heterocycles. The van der Waals surface area contributed by atoms with E-state index in [9.17, 15) is 4.79 Å². The first-order valence-electron chi connectivity index (χ1n) is 4.62. The number of carbonyl (C=O) groups excluding carboxylic acids is 1. The molecule has 1 fully saturated rings. The summed E-state index contributed by atoms with van der Waals surface area (Å²) >= 11 is 0. The van der Waals surface area contributed by atoms with Gasteiger partial charge in [-0.3, -0.25) is 4.79 Å². The normalized spacial score (nSPS) is 19.5. The topological polar surface area (TPSA) is 29.6 Å². The molecule has 0 radical (unpaired) electrons. The Labute approximate surface area is 85.9 Å². The Morgan fingerprint density at radius 1 is 1.43 bits per heavy atom. The Kier molecular flexibility index (Phi) is 2.42. The zero-order chi connectivity index (χ0) is 10.3. The highest BCUT2D eigenvalue weighted by molar-refractivity contribution is 7.41. The molecule has 0 aromatic heterocycles. The molecule has 0 N–H and O–H groups in total. The van der Waals surface area contributed by atoms with Gasteiger partial charge in [0.05, 0.1) is 6.61 Å². The van der Waals surface area contributed by atoms with Gasteiger partial charge in [0.1, 0.15) is 6.10 Å². The van der Waals surface area contributed by atoms with Gasteiger partial charge < -0.3 is 4.74 Å². The lowest BCUT2D eigenvalue weighted by atomic mass is 9.99. The SMILES string of the molecule is Cc1cc(C2CO2)cc(C)c1C(=O)P. The lowest BCUT2D eigenvalue weighted by Crippen LogP contribution is -1.99. The van der Waals surface area contributed by atoms with Crippen LogP contribution in [0.5, 0.6) is 0 Å². The van der Waals surface area contributed by atoms with Crippen LogP contribution < -0.4 is 0 Å². The molecule has 1 saturated heterocycles. The molecule has 1 aromatic rings. The minimum absolute atomic E-state index is 0.0586. The Balaban J connectivity index is 2.49. The third kappa shape index (κ3) is 1.73. The molecule has 74 valence electrons. The molecule has 0 aliphatic carbocycles. The van der Waals surface area contributed by atoms with Gasteiger partial charge in [0.15, 0.2) is 5.52 Å². The van der Waals surface area contributed by atoms with Crippen LogP contribution in [0.4, 0.5) is 0 Å². The number of benzene rings is 1. The van der Waals surface area contributed by atoms with Crippen molar-refractivity contribution >= 4 is 14.8 Å². The quantitative estimate of drug-likeness (QED) is 0.551. The van der Waals surface area contributed by atoms with Gasteiger partial charge in [-0.05, 0) is 30.5 Å². The van der Waals surface area contributed by atoms with Gasteiger partial charge >= 0.3 is 0 Å². The smallest absolute Gasteiger partial charge is 0.178 e. The van der Waals surface area contributed by atoms with Gasteiger partial charge in [-0.1, -0.05) is 21.4 Å². The fourth-order valence-electron chi connectivity index (χ4n) is 1.81. The van der Waals surface area contributed by atoms with Crippen LogP contribution in [0.25, 0.3) is 0 Å². The van der Waals surface area contributed by atoms with E-state index in [-0.39, 0.29) is 11.6 Å². The van der Waals surface area contributed by atoms with Gasteiger partial charge in [0.25, 0.3) is 0 Å². The molecule has 0 saturated carbocycles. The van der Waals surface area contributed by atoms with Gasteiger partial charge in [0, 0.05) is 5.56 Å². The lowest BCUT2D eigenvalue weighted by molar-refractivity contribution is 0.108. The van der Waals surface area contributed by atoms with Crippen LogP contribution in [0, 0.1) is 13.8 Å². The van der Waals surface area contributed by atoms with Crippen LogP contribution in [-0.2, 0) is 4.74 Å². The summed E-state index contributed by atoms with van der Waals surface area (Å²) in [5, 5.41) is 0. The average molecular weight is 208 g/mol. The molecule has 1 aliphatic heterocycles. The predicted molar refractivity (Wildman–Crippen MR) is 58.6 cm³/mol. The van der Waals surface area contributed by atoms with Gasteiger partial charge in [0.2, 0.25) is 0 Å². The maximum Gasteiger partial charge on any atom is 0.178 e. The number of ether oxygens (including phenoxy) is 1. The second-order valence-electron chi connectivity index (χ2n) is 3.72. The Morgan fingerprint density at radius 2 is 1.93 bits per heavy atom. The van der Waals surface area contributed by atoms with E-state index in [4.69, 9.17) is 4.74 Å². The maximum absolute atomic E-state index is 11.3. The number of epoxide rings is 1. The standard InChI is InChI=1S/C11H13O2P/c1-6-3-8(9-5-13-9)4-7(2)10(6)11(12)14/h3-4,9H,5,14H2,1-2H3. The number of hydrogen-bond donors (Lipinski definition) is 0. The van der Waals surface area contributed by atoms with Crippen LogP contribution in [0.1, 0.15) is 33.2 Å². The summed E-state index contributed by atoms with van der Waals surface area (Å²) in [7, 11) is 2.23. The first-order chi connectivity index (χ1) is 6.59. The summed E-state index contributed by atoms with van der Waals surface area (Å²) in [4.78, 5) is 11.3. The Morgan fingerprint density at radius 3 is 2.29 bits per heavy atom. The molecule has 2 rings (SSSR count). The zero-order valence-electron chi connectivity index (χ0n) is 8.33. The van der Waals surface area contributed by atoms with Gasteiger partial charge in [-0.25, -0.2) is 0 Å². The van der Waals surface area contributed by atoms with Crippen molar-refractivity contribution in [3.63, 3.8) is 0 Å². The van der Waals surface area contributed by atoms with Crippen molar-refractivity contribution in [1.82, 2.24) is 0 Å². The molecule has 3 heteroatoms. The number of carbonyl (C=O) groups is 1. The van der Waals surface area contributed by atoms with Crippen molar-refractivity contribution in [2.75, 3.05) is 6.61 Å².